The molecule has 0 aliphatic carbocycles. The summed E-state index contributed by atoms with van der Waals surface area (Å²) >= 11 is 3.16. The SMILES string of the molecule is CC(Oc1ccc(Br)cc1F)C(=O)N1CC(C(=O)O)Cc2c1cnn2C. The molecule has 2 unspecified atom stereocenters. The zero-order valence-corrected chi connectivity index (χ0v) is 15.7. The number of anilines is 1. The zero-order chi connectivity index (χ0) is 19.0. The quantitative estimate of drug-likeness (QED) is 0.812. The number of aliphatic carboxylic acids is 1. The van der Waals surface area contributed by atoms with Crippen LogP contribution in [-0.2, 0) is 23.1 Å². The Morgan fingerprint density at radius 3 is 2.85 bits per heavy atom. The number of ether oxygens (including phenoxy) is 1. The molecule has 0 saturated heterocycles. The van der Waals surface area contributed by atoms with Crippen molar-refractivity contribution < 1.29 is 23.8 Å². The molecule has 1 amide bonds. The number of nitrogens with zero attached hydrogens (tertiary/aromatic N) is 3. The van der Waals surface area contributed by atoms with Crippen LogP contribution in [0.15, 0.2) is 28.9 Å². The van der Waals surface area contributed by atoms with Gasteiger partial charge >= 0.3 is 5.97 Å². The van der Waals surface area contributed by atoms with Gasteiger partial charge in [0.2, 0.25) is 0 Å². The van der Waals surface area contributed by atoms with Crippen LogP contribution in [0.3, 0.4) is 0 Å². The molecule has 0 fully saturated rings. The van der Waals surface area contributed by atoms with Crippen molar-refractivity contribution >= 4 is 33.5 Å². The summed E-state index contributed by atoms with van der Waals surface area (Å²) in [6.45, 7) is 1.52. The van der Waals surface area contributed by atoms with Crippen LogP contribution >= 0.6 is 15.9 Å². The van der Waals surface area contributed by atoms with Gasteiger partial charge in [0.15, 0.2) is 17.7 Å². The molecule has 2 aromatic rings. The number of fused-ring (bicyclic) bond motifs is 1. The van der Waals surface area contributed by atoms with Gasteiger partial charge in [-0.25, -0.2) is 4.39 Å². The summed E-state index contributed by atoms with van der Waals surface area (Å²) in [5.41, 5.74) is 1.22. The third-order valence-corrected chi connectivity index (χ3v) is 4.83. The number of rotatable bonds is 4. The van der Waals surface area contributed by atoms with Crippen molar-refractivity contribution in [3.05, 3.63) is 40.4 Å². The number of carboxylic acid groups (broad SMARTS) is 1. The Bertz CT molecular complexity index is 870. The fourth-order valence-corrected chi connectivity index (χ4v) is 3.27. The monoisotopic (exact) mass is 425 g/mol. The molecule has 138 valence electrons. The number of carbonyl (C=O) groups is 2. The number of benzene rings is 1. The van der Waals surface area contributed by atoms with E-state index in [0.717, 1.165) is 0 Å². The van der Waals surface area contributed by atoms with Crippen molar-refractivity contribution in [3.8, 4) is 5.75 Å². The second-order valence-electron chi connectivity index (χ2n) is 6.12. The van der Waals surface area contributed by atoms with Crippen LogP contribution in [0.1, 0.15) is 12.6 Å². The van der Waals surface area contributed by atoms with Crippen LogP contribution < -0.4 is 9.64 Å². The van der Waals surface area contributed by atoms with Crippen molar-refractivity contribution in [3.63, 3.8) is 0 Å². The minimum Gasteiger partial charge on any atom is -0.481 e. The molecule has 3 rings (SSSR count). The van der Waals surface area contributed by atoms with Crippen molar-refractivity contribution in [1.29, 1.82) is 0 Å². The first-order valence-corrected chi connectivity index (χ1v) is 8.74. The Morgan fingerprint density at radius 2 is 2.19 bits per heavy atom. The number of carboxylic acids is 1. The third-order valence-electron chi connectivity index (χ3n) is 4.33. The average Bonchev–Trinajstić information content (AvgIpc) is 2.97. The van der Waals surface area contributed by atoms with Gasteiger partial charge in [-0.3, -0.25) is 14.3 Å². The number of amides is 1. The fraction of sp³-hybridized carbons (Fsp3) is 0.353. The van der Waals surface area contributed by atoms with Crippen LogP contribution in [0.25, 0.3) is 0 Å². The number of hydrogen-bond acceptors (Lipinski definition) is 4. The molecular formula is C17H17BrFN3O4. The van der Waals surface area contributed by atoms with Crippen molar-refractivity contribution in [2.24, 2.45) is 13.0 Å². The van der Waals surface area contributed by atoms with Gasteiger partial charge in [0.05, 0.1) is 23.5 Å². The van der Waals surface area contributed by atoms with Gasteiger partial charge in [0, 0.05) is 24.5 Å². The van der Waals surface area contributed by atoms with Crippen molar-refractivity contribution in [1.82, 2.24) is 9.78 Å². The number of carbonyl (C=O) groups excluding carboxylic acids is 1. The topological polar surface area (TPSA) is 84.7 Å². The molecule has 0 radical (unpaired) electrons. The molecule has 9 heteroatoms. The lowest BCUT2D eigenvalue weighted by atomic mass is 9.97. The maximum atomic E-state index is 14.0. The fourth-order valence-electron chi connectivity index (χ4n) is 2.94. The minimum absolute atomic E-state index is 0.0172. The summed E-state index contributed by atoms with van der Waals surface area (Å²) < 4.78 is 21.5. The van der Waals surface area contributed by atoms with E-state index in [-0.39, 0.29) is 12.3 Å². The van der Waals surface area contributed by atoms with Gasteiger partial charge in [-0.1, -0.05) is 15.9 Å². The molecule has 1 aliphatic rings. The van der Waals surface area contributed by atoms with E-state index in [1.54, 1.807) is 17.8 Å². The highest BCUT2D eigenvalue weighted by Gasteiger charge is 2.36. The highest BCUT2D eigenvalue weighted by atomic mass is 79.9. The molecule has 26 heavy (non-hydrogen) atoms. The normalized spacial score (nSPS) is 17.5. The first-order valence-electron chi connectivity index (χ1n) is 7.94. The van der Waals surface area contributed by atoms with E-state index in [1.807, 2.05) is 0 Å². The van der Waals surface area contributed by atoms with Crippen LogP contribution in [0.4, 0.5) is 10.1 Å². The molecule has 0 bridgehead atoms. The molecule has 0 spiro atoms. The van der Waals surface area contributed by atoms with E-state index < -0.39 is 29.7 Å². The van der Waals surface area contributed by atoms with E-state index in [4.69, 9.17) is 4.74 Å². The molecule has 7 nitrogen and oxygen atoms in total. The molecule has 2 atom stereocenters. The maximum absolute atomic E-state index is 14.0. The number of hydrogen-bond donors (Lipinski definition) is 1. The van der Waals surface area contributed by atoms with Gasteiger partial charge < -0.3 is 14.7 Å². The predicted molar refractivity (Wildman–Crippen MR) is 94.6 cm³/mol. The van der Waals surface area contributed by atoms with Gasteiger partial charge in [-0.05, 0) is 25.1 Å². The maximum Gasteiger partial charge on any atom is 0.308 e. The number of aryl methyl sites for hydroxylation is 1. The standard InChI is InChI=1S/C17H17BrFN3O4/c1-9(26-15-4-3-11(18)6-12(15)19)16(23)22-8-10(17(24)25)5-13-14(22)7-20-21(13)2/h3-4,6-7,9-10H,5,8H2,1-2H3,(H,24,25). The second-order valence-corrected chi connectivity index (χ2v) is 7.04. The Balaban J connectivity index is 1.84. The van der Waals surface area contributed by atoms with Crippen LogP contribution in [0.5, 0.6) is 5.75 Å². The van der Waals surface area contributed by atoms with E-state index in [1.165, 1.54) is 30.2 Å². The highest BCUT2D eigenvalue weighted by Crippen LogP contribution is 2.31. The summed E-state index contributed by atoms with van der Waals surface area (Å²) in [6.07, 6.45) is 0.825. The largest absolute Gasteiger partial charge is 0.481 e. The van der Waals surface area contributed by atoms with E-state index >= 15 is 0 Å². The van der Waals surface area contributed by atoms with Crippen LogP contribution in [0.2, 0.25) is 0 Å². The molecule has 1 N–H and O–H groups in total. The lowest BCUT2D eigenvalue weighted by Gasteiger charge is -2.32. The predicted octanol–water partition coefficient (Wildman–Crippen LogP) is 2.38. The molecule has 1 aromatic carbocycles. The first-order chi connectivity index (χ1) is 12.3. The smallest absolute Gasteiger partial charge is 0.308 e. The summed E-state index contributed by atoms with van der Waals surface area (Å²) in [5.74, 6) is -2.82. The van der Waals surface area contributed by atoms with Gasteiger partial charge in [-0.2, -0.15) is 5.10 Å². The van der Waals surface area contributed by atoms with E-state index in [0.29, 0.717) is 22.3 Å². The average molecular weight is 426 g/mol. The van der Waals surface area contributed by atoms with Crippen LogP contribution in [-0.4, -0.2) is 39.4 Å². The molecule has 2 heterocycles. The minimum atomic E-state index is -0.994. The summed E-state index contributed by atoms with van der Waals surface area (Å²) in [6, 6.07) is 4.28. The summed E-state index contributed by atoms with van der Waals surface area (Å²) in [7, 11) is 1.70. The molecule has 1 aromatic heterocycles. The number of aromatic nitrogens is 2. The molecular weight excluding hydrogens is 409 g/mol. The lowest BCUT2D eigenvalue weighted by Crippen LogP contribution is -2.47. The van der Waals surface area contributed by atoms with E-state index in [2.05, 4.69) is 21.0 Å². The Hall–Kier alpha value is -2.42. The highest BCUT2D eigenvalue weighted by molar-refractivity contribution is 9.10. The summed E-state index contributed by atoms with van der Waals surface area (Å²) in [5, 5.41) is 13.5. The Morgan fingerprint density at radius 1 is 1.46 bits per heavy atom. The van der Waals surface area contributed by atoms with Gasteiger partial charge in [0.1, 0.15) is 0 Å². The van der Waals surface area contributed by atoms with Gasteiger partial charge in [0.25, 0.3) is 5.91 Å². The molecule has 1 aliphatic heterocycles. The molecule has 0 saturated carbocycles. The van der Waals surface area contributed by atoms with Crippen LogP contribution in [0, 0.1) is 11.7 Å². The van der Waals surface area contributed by atoms with E-state index in [9.17, 15) is 19.1 Å². The van der Waals surface area contributed by atoms with Crippen molar-refractivity contribution in [2.45, 2.75) is 19.4 Å². The van der Waals surface area contributed by atoms with Gasteiger partial charge in [-0.15, -0.1) is 0 Å². The Labute approximate surface area is 157 Å². The zero-order valence-electron chi connectivity index (χ0n) is 14.1. The number of halogens is 2. The lowest BCUT2D eigenvalue weighted by molar-refractivity contribution is -0.141. The first kappa shape index (κ1) is 18.4. The third kappa shape index (κ3) is 3.44. The summed E-state index contributed by atoms with van der Waals surface area (Å²) in [4.78, 5) is 25.7. The van der Waals surface area contributed by atoms with Crippen molar-refractivity contribution in [2.75, 3.05) is 11.4 Å². The second kappa shape index (κ2) is 7.06. The Kier molecular flexibility index (Phi) is 4.99.